The van der Waals surface area contributed by atoms with E-state index in [-0.39, 0.29) is 6.10 Å². The number of aliphatic hydroxyl groups excluding tert-OH is 1. The Kier molecular flexibility index (Phi) is 3.46. The summed E-state index contributed by atoms with van der Waals surface area (Å²) in [6.45, 7) is 5.65. The molecule has 1 fully saturated rings. The van der Waals surface area contributed by atoms with Gasteiger partial charge in [-0.2, -0.15) is 0 Å². The lowest BCUT2D eigenvalue weighted by molar-refractivity contribution is 0.0159. The first-order valence-corrected chi connectivity index (χ1v) is 5.80. The third-order valence-electron chi connectivity index (χ3n) is 3.22. The van der Waals surface area contributed by atoms with Gasteiger partial charge in [0.15, 0.2) is 0 Å². The van der Waals surface area contributed by atoms with Crippen molar-refractivity contribution >= 4 is 0 Å². The maximum absolute atomic E-state index is 9.80. The van der Waals surface area contributed by atoms with E-state index in [9.17, 15) is 5.11 Å². The van der Waals surface area contributed by atoms with Gasteiger partial charge in [0.1, 0.15) is 18.0 Å². The van der Waals surface area contributed by atoms with Gasteiger partial charge < -0.3 is 15.2 Å². The van der Waals surface area contributed by atoms with Crippen LogP contribution in [-0.2, 0) is 0 Å². The summed E-state index contributed by atoms with van der Waals surface area (Å²) >= 11 is 0. The standard InChI is InChI=1S/C13H19NO2/c1-9-4-3-5-12(10(9)2)16-13-6-7-14-8-11(13)15/h3-5,11,13-15H,6-8H2,1-2H3/t11-,13-/m0/s1. The van der Waals surface area contributed by atoms with E-state index in [4.69, 9.17) is 4.74 Å². The normalized spacial score (nSPS) is 25.4. The Labute approximate surface area is 96.4 Å². The molecule has 1 aromatic rings. The minimum absolute atomic E-state index is 0.0817. The number of hydrogen-bond donors (Lipinski definition) is 2. The van der Waals surface area contributed by atoms with Crippen LogP contribution in [0.2, 0.25) is 0 Å². The zero-order chi connectivity index (χ0) is 11.5. The Hall–Kier alpha value is -1.06. The van der Waals surface area contributed by atoms with E-state index in [1.54, 1.807) is 0 Å². The van der Waals surface area contributed by atoms with E-state index >= 15 is 0 Å². The van der Waals surface area contributed by atoms with Crippen molar-refractivity contribution in [3.05, 3.63) is 29.3 Å². The molecule has 0 spiro atoms. The van der Waals surface area contributed by atoms with Crippen molar-refractivity contribution in [3.8, 4) is 5.75 Å². The number of aliphatic hydroxyl groups is 1. The topological polar surface area (TPSA) is 41.5 Å². The summed E-state index contributed by atoms with van der Waals surface area (Å²) in [4.78, 5) is 0. The molecule has 1 heterocycles. The predicted octanol–water partition coefficient (Wildman–Crippen LogP) is 1.41. The lowest BCUT2D eigenvalue weighted by atomic mass is 10.1. The number of benzene rings is 1. The first kappa shape index (κ1) is 11.4. The van der Waals surface area contributed by atoms with Crippen molar-refractivity contribution in [2.24, 2.45) is 0 Å². The van der Waals surface area contributed by atoms with Crippen LogP contribution in [-0.4, -0.2) is 30.4 Å². The van der Waals surface area contributed by atoms with Crippen LogP contribution in [0.15, 0.2) is 18.2 Å². The summed E-state index contributed by atoms with van der Waals surface area (Å²) in [5.74, 6) is 0.894. The van der Waals surface area contributed by atoms with Gasteiger partial charge in [0, 0.05) is 6.54 Å². The van der Waals surface area contributed by atoms with Gasteiger partial charge >= 0.3 is 0 Å². The number of rotatable bonds is 2. The summed E-state index contributed by atoms with van der Waals surface area (Å²) in [6, 6.07) is 6.03. The summed E-state index contributed by atoms with van der Waals surface area (Å²) in [5, 5.41) is 12.9. The van der Waals surface area contributed by atoms with Crippen LogP contribution < -0.4 is 10.1 Å². The molecule has 1 aliphatic heterocycles. The Morgan fingerprint density at radius 1 is 1.38 bits per heavy atom. The lowest BCUT2D eigenvalue weighted by Gasteiger charge is -2.29. The van der Waals surface area contributed by atoms with Gasteiger partial charge in [-0.05, 0) is 44.0 Å². The first-order valence-electron chi connectivity index (χ1n) is 5.80. The molecule has 0 radical (unpaired) electrons. The van der Waals surface area contributed by atoms with E-state index in [2.05, 4.69) is 25.2 Å². The summed E-state index contributed by atoms with van der Waals surface area (Å²) in [7, 11) is 0. The van der Waals surface area contributed by atoms with Gasteiger partial charge in [-0.15, -0.1) is 0 Å². The third-order valence-corrected chi connectivity index (χ3v) is 3.22. The summed E-state index contributed by atoms with van der Waals surface area (Å²) in [6.07, 6.45) is 0.365. The van der Waals surface area contributed by atoms with E-state index in [1.807, 2.05) is 12.1 Å². The van der Waals surface area contributed by atoms with Crippen molar-refractivity contribution in [3.63, 3.8) is 0 Å². The fourth-order valence-electron chi connectivity index (χ4n) is 1.97. The van der Waals surface area contributed by atoms with Crippen molar-refractivity contribution in [2.45, 2.75) is 32.5 Å². The molecular formula is C13H19NO2. The molecule has 2 rings (SSSR count). The molecule has 0 aromatic heterocycles. The van der Waals surface area contributed by atoms with Crippen LogP contribution in [0.5, 0.6) is 5.75 Å². The molecule has 16 heavy (non-hydrogen) atoms. The van der Waals surface area contributed by atoms with Crippen LogP contribution in [0.25, 0.3) is 0 Å². The summed E-state index contributed by atoms with van der Waals surface area (Å²) < 4.78 is 5.89. The van der Waals surface area contributed by atoms with Gasteiger partial charge in [0.05, 0.1) is 0 Å². The number of piperidine rings is 1. The quantitative estimate of drug-likeness (QED) is 0.793. The zero-order valence-electron chi connectivity index (χ0n) is 9.86. The van der Waals surface area contributed by atoms with Gasteiger partial charge in [0.2, 0.25) is 0 Å². The van der Waals surface area contributed by atoms with Crippen molar-refractivity contribution < 1.29 is 9.84 Å². The average molecular weight is 221 g/mol. The molecule has 88 valence electrons. The molecule has 0 saturated carbocycles. The maximum Gasteiger partial charge on any atom is 0.127 e. The Morgan fingerprint density at radius 3 is 2.94 bits per heavy atom. The van der Waals surface area contributed by atoms with E-state index in [1.165, 1.54) is 5.56 Å². The van der Waals surface area contributed by atoms with E-state index in [0.717, 1.165) is 24.3 Å². The van der Waals surface area contributed by atoms with Gasteiger partial charge in [-0.25, -0.2) is 0 Å². The monoisotopic (exact) mass is 221 g/mol. The highest BCUT2D eigenvalue weighted by molar-refractivity contribution is 5.38. The second-order valence-corrected chi connectivity index (χ2v) is 4.41. The largest absolute Gasteiger partial charge is 0.487 e. The summed E-state index contributed by atoms with van der Waals surface area (Å²) in [5.41, 5.74) is 2.38. The molecule has 1 saturated heterocycles. The molecule has 0 aliphatic carbocycles. The van der Waals surface area contributed by atoms with Crippen LogP contribution in [0, 0.1) is 13.8 Å². The molecule has 0 unspecified atom stereocenters. The molecule has 1 aromatic carbocycles. The Bertz CT molecular complexity index is 365. The minimum Gasteiger partial charge on any atom is -0.487 e. The van der Waals surface area contributed by atoms with Crippen LogP contribution >= 0.6 is 0 Å². The van der Waals surface area contributed by atoms with Crippen molar-refractivity contribution in [2.75, 3.05) is 13.1 Å². The van der Waals surface area contributed by atoms with Crippen molar-refractivity contribution in [1.82, 2.24) is 5.32 Å². The number of β-amino-alcohol motifs (C(OH)–C–C–N with tert-alkyl or cyclic N) is 1. The smallest absolute Gasteiger partial charge is 0.127 e. The van der Waals surface area contributed by atoms with Crippen LogP contribution in [0.4, 0.5) is 0 Å². The highest BCUT2D eigenvalue weighted by Gasteiger charge is 2.24. The Morgan fingerprint density at radius 2 is 2.19 bits per heavy atom. The highest BCUT2D eigenvalue weighted by Crippen LogP contribution is 2.23. The average Bonchev–Trinajstić information content (AvgIpc) is 2.28. The first-order chi connectivity index (χ1) is 7.68. The van der Waals surface area contributed by atoms with Crippen molar-refractivity contribution in [1.29, 1.82) is 0 Å². The Balaban J connectivity index is 2.10. The zero-order valence-corrected chi connectivity index (χ0v) is 9.86. The second-order valence-electron chi connectivity index (χ2n) is 4.41. The van der Waals surface area contributed by atoms with Gasteiger partial charge in [-0.3, -0.25) is 0 Å². The SMILES string of the molecule is Cc1cccc(O[C@H]2CCNC[C@@H]2O)c1C. The fraction of sp³-hybridized carbons (Fsp3) is 0.538. The molecular weight excluding hydrogens is 202 g/mol. The molecule has 2 atom stereocenters. The van der Waals surface area contributed by atoms with Gasteiger partial charge in [0.25, 0.3) is 0 Å². The van der Waals surface area contributed by atoms with Crippen LogP contribution in [0.3, 0.4) is 0 Å². The minimum atomic E-state index is -0.409. The number of hydrogen-bond acceptors (Lipinski definition) is 3. The number of aryl methyl sites for hydroxylation is 1. The van der Waals surface area contributed by atoms with E-state index in [0.29, 0.717) is 6.54 Å². The molecule has 2 N–H and O–H groups in total. The number of nitrogens with one attached hydrogen (secondary N) is 1. The molecule has 0 amide bonds. The molecule has 3 heteroatoms. The second kappa shape index (κ2) is 4.85. The number of ether oxygens (including phenoxy) is 1. The molecule has 0 bridgehead atoms. The maximum atomic E-state index is 9.80. The third kappa shape index (κ3) is 2.36. The molecule has 3 nitrogen and oxygen atoms in total. The van der Waals surface area contributed by atoms with Crippen LogP contribution in [0.1, 0.15) is 17.5 Å². The van der Waals surface area contributed by atoms with E-state index < -0.39 is 6.10 Å². The predicted molar refractivity (Wildman–Crippen MR) is 63.8 cm³/mol. The van der Waals surface area contributed by atoms with Gasteiger partial charge in [-0.1, -0.05) is 12.1 Å². The molecule has 1 aliphatic rings. The fourth-order valence-corrected chi connectivity index (χ4v) is 1.97. The lowest BCUT2D eigenvalue weighted by Crippen LogP contribution is -2.46. The highest BCUT2D eigenvalue weighted by atomic mass is 16.5.